The number of nitrogens with zero attached hydrogens (tertiary/aromatic N) is 2. The van der Waals surface area contributed by atoms with E-state index in [4.69, 9.17) is 11.6 Å². The molecule has 5 nitrogen and oxygen atoms in total. The van der Waals surface area contributed by atoms with Gasteiger partial charge in [-0.2, -0.15) is 13.2 Å². The Labute approximate surface area is 153 Å². The Hall–Kier alpha value is -2.07. The van der Waals surface area contributed by atoms with Gasteiger partial charge in [0.2, 0.25) is 5.12 Å². The van der Waals surface area contributed by atoms with Crippen LogP contribution in [0.2, 0.25) is 5.02 Å². The molecule has 2 aromatic rings. The number of rotatable bonds is 3. The molecule has 0 N–H and O–H groups in total. The zero-order valence-corrected chi connectivity index (χ0v) is 14.9. The summed E-state index contributed by atoms with van der Waals surface area (Å²) in [5.74, 6) is -0.740. The van der Waals surface area contributed by atoms with Gasteiger partial charge in [0.1, 0.15) is 11.5 Å². The quantitative estimate of drug-likeness (QED) is 0.729. The van der Waals surface area contributed by atoms with Crippen molar-refractivity contribution in [3.05, 3.63) is 61.1 Å². The number of carbonyl (C=O) groups is 1. The fourth-order valence-electron chi connectivity index (χ4n) is 2.19. The van der Waals surface area contributed by atoms with E-state index in [0.717, 1.165) is 30.9 Å². The molecule has 1 aromatic heterocycles. The van der Waals surface area contributed by atoms with Crippen molar-refractivity contribution in [3.8, 4) is 5.69 Å². The van der Waals surface area contributed by atoms with E-state index in [2.05, 4.69) is 0 Å². The first-order valence-corrected chi connectivity index (χ1v) is 8.42. The topological polar surface area (TPSA) is 61.1 Å². The molecule has 140 valence electrons. The van der Waals surface area contributed by atoms with Crippen molar-refractivity contribution in [1.82, 2.24) is 9.13 Å². The van der Waals surface area contributed by atoms with E-state index in [-0.39, 0.29) is 25.8 Å². The van der Waals surface area contributed by atoms with Crippen LogP contribution in [0.5, 0.6) is 0 Å². The maximum atomic E-state index is 14.3. The maximum Gasteiger partial charge on any atom is 0.431 e. The molecule has 0 aliphatic carbocycles. The number of thioether (sulfide) groups is 1. The van der Waals surface area contributed by atoms with Gasteiger partial charge in [-0.05, 0) is 17.9 Å². The van der Waals surface area contributed by atoms with E-state index in [9.17, 15) is 31.9 Å². The van der Waals surface area contributed by atoms with Crippen LogP contribution in [0.3, 0.4) is 0 Å². The molecular weight excluding hydrogens is 400 g/mol. The van der Waals surface area contributed by atoms with Crippen molar-refractivity contribution in [3.63, 3.8) is 0 Å². The number of carbonyl (C=O) groups excluding carboxylic acids is 1. The molecule has 0 spiro atoms. The third-order valence-corrected chi connectivity index (χ3v) is 4.47. The summed E-state index contributed by atoms with van der Waals surface area (Å²) in [5.41, 5.74) is -5.09. The molecule has 11 heteroatoms. The van der Waals surface area contributed by atoms with Crippen LogP contribution in [0, 0.1) is 5.82 Å². The molecule has 0 atom stereocenters. The summed E-state index contributed by atoms with van der Waals surface area (Å²) in [7, 11) is 0.800. The first-order valence-electron chi connectivity index (χ1n) is 7.05. The second kappa shape index (κ2) is 7.28. The Morgan fingerprint density at radius 2 is 1.85 bits per heavy atom. The van der Waals surface area contributed by atoms with Crippen molar-refractivity contribution in [2.24, 2.45) is 7.05 Å². The van der Waals surface area contributed by atoms with Gasteiger partial charge >= 0.3 is 11.9 Å². The molecule has 0 saturated heterocycles. The maximum absolute atomic E-state index is 14.3. The number of alkyl halides is 3. The smallest absolute Gasteiger partial charge is 0.292 e. The number of benzene rings is 1. The minimum Gasteiger partial charge on any atom is -0.292 e. The molecule has 0 fully saturated rings. The Kier molecular flexibility index (Phi) is 5.67. The summed E-state index contributed by atoms with van der Waals surface area (Å²) in [6.45, 7) is 1.69. The number of aromatic nitrogens is 2. The summed E-state index contributed by atoms with van der Waals surface area (Å²) in [4.78, 5) is 36.3. The molecule has 0 aliphatic rings. The van der Waals surface area contributed by atoms with Gasteiger partial charge in [-0.15, -0.1) is 0 Å². The Morgan fingerprint density at radius 3 is 2.38 bits per heavy atom. The Bertz CT molecular complexity index is 998. The molecule has 26 heavy (non-hydrogen) atoms. The molecular formula is C15H11ClF4N2O3S. The zero-order valence-electron chi connectivity index (χ0n) is 13.4. The van der Waals surface area contributed by atoms with Gasteiger partial charge in [-0.25, -0.2) is 13.8 Å². The van der Waals surface area contributed by atoms with Crippen molar-refractivity contribution in [1.29, 1.82) is 0 Å². The van der Waals surface area contributed by atoms with E-state index >= 15 is 0 Å². The summed E-state index contributed by atoms with van der Waals surface area (Å²) >= 11 is 6.68. The lowest BCUT2D eigenvalue weighted by Gasteiger charge is -2.15. The number of hydrogen-bond donors (Lipinski definition) is 0. The lowest BCUT2D eigenvalue weighted by atomic mass is 10.2. The van der Waals surface area contributed by atoms with E-state index < -0.39 is 39.7 Å². The van der Waals surface area contributed by atoms with E-state index in [1.54, 1.807) is 6.92 Å². The molecule has 0 saturated carbocycles. The molecule has 2 rings (SSSR count). The van der Waals surface area contributed by atoms with Gasteiger partial charge in [-0.1, -0.05) is 30.3 Å². The van der Waals surface area contributed by atoms with Gasteiger partial charge in [0.05, 0.1) is 10.7 Å². The predicted octanol–water partition coefficient (Wildman–Crippen LogP) is 3.24. The van der Waals surface area contributed by atoms with E-state index in [0.29, 0.717) is 5.75 Å². The van der Waals surface area contributed by atoms with E-state index in [1.807, 2.05) is 0 Å². The fraction of sp³-hybridized carbons (Fsp3) is 0.267. The zero-order chi connectivity index (χ0) is 19.8. The second-order valence-corrected chi connectivity index (χ2v) is 6.69. The Balaban J connectivity index is 2.80. The highest BCUT2D eigenvalue weighted by Gasteiger charge is 2.35. The largest absolute Gasteiger partial charge is 0.431 e. The van der Waals surface area contributed by atoms with Gasteiger partial charge < -0.3 is 0 Å². The van der Waals surface area contributed by atoms with Crippen LogP contribution in [0.15, 0.2) is 27.8 Å². The normalized spacial score (nSPS) is 11.7. The van der Waals surface area contributed by atoms with Crippen molar-refractivity contribution >= 4 is 28.5 Å². The van der Waals surface area contributed by atoms with Crippen molar-refractivity contribution < 1.29 is 22.4 Å². The average molecular weight is 411 g/mol. The predicted molar refractivity (Wildman–Crippen MR) is 89.7 cm³/mol. The first-order chi connectivity index (χ1) is 12.0. The first kappa shape index (κ1) is 20.2. The molecule has 1 heterocycles. The fourth-order valence-corrected chi connectivity index (χ4v) is 3.07. The van der Waals surface area contributed by atoms with Crippen LogP contribution in [0.4, 0.5) is 17.6 Å². The highest BCUT2D eigenvalue weighted by molar-refractivity contribution is 8.14. The molecule has 0 unspecified atom stereocenters. The van der Waals surface area contributed by atoms with Gasteiger partial charge in [-0.3, -0.25) is 14.2 Å². The van der Waals surface area contributed by atoms with E-state index in [1.165, 1.54) is 0 Å². The summed E-state index contributed by atoms with van der Waals surface area (Å²) in [6, 6.07) is 1.78. The second-order valence-electron chi connectivity index (χ2n) is 5.05. The summed E-state index contributed by atoms with van der Waals surface area (Å²) < 4.78 is 53.3. The third-order valence-electron chi connectivity index (χ3n) is 3.38. The van der Waals surface area contributed by atoms with Crippen LogP contribution in [0.25, 0.3) is 5.69 Å². The molecule has 0 radical (unpaired) electrons. The standard InChI is InChI=1S/C15H11ClF4N2O3S/c1-3-26-13(24)7-4-10(9(17)5-8(7)16)22-12(23)6-11(15(18,19)20)21(2)14(22)25/h4-6H,3H2,1-2H3. The molecule has 1 aromatic carbocycles. The lowest BCUT2D eigenvalue weighted by Crippen LogP contribution is -2.41. The van der Waals surface area contributed by atoms with Gasteiger partial charge in [0.15, 0.2) is 0 Å². The minimum absolute atomic E-state index is 0.163. The van der Waals surface area contributed by atoms with Crippen LogP contribution >= 0.6 is 23.4 Å². The molecule has 0 aliphatic heterocycles. The van der Waals surface area contributed by atoms with Crippen LogP contribution in [-0.2, 0) is 13.2 Å². The lowest BCUT2D eigenvalue weighted by molar-refractivity contribution is -0.144. The van der Waals surface area contributed by atoms with Gasteiger partial charge in [0, 0.05) is 18.7 Å². The average Bonchev–Trinajstić information content (AvgIpc) is 2.52. The third kappa shape index (κ3) is 3.70. The number of halogens is 5. The SMILES string of the molecule is CCSC(=O)c1cc(-n2c(=O)cc(C(F)(F)F)n(C)c2=O)c(F)cc1Cl. The van der Waals surface area contributed by atoms with Gasteiger partial charge in [0.25, 0.3) is 5.56 Å². The number of hydrogen-bond acceptors (Lipinski definition) is 4. The van der Waals surface area contributed by atoms with Crippen LogP contribution < -0.4 is 11.2 Å². The van der Waals surface area contributed by atoms with Crippen LogP contribution in [0.1, 0.15) is 23.0 Å². The highest BCUT2D eigenvalue weighted by atomic mass is 35.5. The Morgan fingerprint density at radius 1 is 1.23 bits per heavy atom. The molecule has 0 amide bonds. The molecule has 0 bridgehead atoms. The van der Waals surface area contributed by atoms with Crippen molar-refractivity contribution in [2.45, 2.75) is 13.1 Å². The summed E-state index contributed by atoms with van der Waals surface area (Å²) in [5, 5.41) is -0.774. The van der Waals surface area contributed by atoms with Crippen LogP contribution in [-0.4, -0.2) is 20.0 Å². The van der Waals surface area contributed by atoms with Crippen molar-refractivity contribution in [2.75, 3.05) is 5.75 Å². The minimum atomic E-state index is -4.94. The highest BCUT2D eigenvalue weighted by Crippen LogP contribution is 2.28. The summed E-state index contributed by atoms with van der Waals surface area (Å²) in [6.07, 6.45) is -4.94. The monoisotopic (exact) mass is 410 g/mol.